The van der Waals surface area contributed by atoms with Crippen LogP contribution >= 0.6 is 15.9 Å². The quantitative estimate of drug-likeness (QED) is 0.930. The van der Waals surface area contributed by atoms with Crippen molar-refractivity contribution in [3.05, 3.63) is 46.6 Å². The molecular weight excluding hydrogens is 290 g/mol. The molecule has 0 radical (unpaired) electrons. The standard InChI is InChI=1S/C14H16BrN3/c1-10-8-11(15)9-16-14(10)17-12-4-6-13(7-5-12)18(2)3/h4-9H,1-3H3,(H,16,17). The Hall–Kier alpha value is -1.55. The monoisotopic (exact) mass is 305 g/mol. The third-order valence-corrected chi connectivity index (χ3v) is 3.13. The normalized spacial score (nSPS) is 10.2. The van der Waals surface area contributed by atoms with Crippen molar-refractivity contribution in [3.63, 3.8) is 0 Å². The van der Waals surface area contributed by atoms with Crippen molar-refractivity contribution >= 4 is 33.1 Å². The van der Waals surface area contributed by atoms with E-state index < -0.39 is 0 Å². The molecule has 1 aromatic heterocycles. The molecule has 3 nitrogen and oxygen atoms in total. The summed E-state index contributed by atoms with van der Waals surface area (Å²) in [6, 6.07) is 10.3. The summed E-state index contributed by atoms with van der Waals surface area (Å²) in [5.74, 6) is 0.885. The molecule has 0 bridgehead atoms. The summed E-state index contributed by atoms with van der Waals surface area (Å²) in [5.41, 5.74) is 3.33. The van der Waals surface area contributed by atoms with Gasteiger partial charge in [0.05, 0.1) is 0 Å². The number of aromatic nitrogens is 1. The lowest BCUT2D eigenvalue weighted by atomic mass is 10.2. The van der Waals surface area contributed by atoms with Gasteiger partial charge in [0, 0.05) is 36.1 Å². The fourth-order valence-electron chi connectivity index (χ4n) is 1.65. The highest BCUT2D eigenvalue weighted by Gasteiger charge is 2.02. The molecule has 18 heavy (non-hydrogen) atoms. The molecule has 1 N–H and O–H groups in total. The van der Waals surface area contributed by atoms with Crippen LogP contribution in [0.25, 0.3) is 0 Å². The Morgan fingerprint density at radius 3 is 2.39 bits per heavy atom. The molecule has 0 aliphatic heterocycles. The van der Waals surface area contributed by atoms with E-state index in [1.165, 1.54) is 5.69 Å². The maximum absolute atomic E-state index is 4.36. The molecule has 0 saturated heterocycles. The van der Waals surface area contributed by atoms with Crippen LogP contribution < -0.4 is 10.2 Å². The van der Waals surface area contributed by atoms with E-state index in [2.05, 4.69) is 55.4 Å². The Bertz CT molecular complexity index is 535. The highest BCUT2D eigenvalue weighted by atomic mass is 79.9. The fraction of sp³-hybridized carbons (Fsp3) is 0.214. The lowest BCUT2D eigenvalue weighted by Gasteiger charge is -2.13. The number of hydrogen-bond donors (Lipinski definition) is 1. The van der Waals surface area contributed by atoms with Gasteiger partial charge in [0.15, 0.2) is 0 Å². The van der Waals surface area contributed by atoms with Crippen molar-refractivity contribution in [2.24, 2.45) is 0 Å². The van der Waals surface area contributed by atoms with Crippen molar-refractivity contribution in [1.82, 2.24) is 4.98 Å². The number of anilines is 3. The minimum Gasteiger partial charge on any atom is -0.378 e. The molecule has 0 amide bonds. The van der Waals surface area contributed by atoms with Crippen LogP contribution in [0.3, 0.4) is 0 Å². The molecule has 2 rings (SSSR count). The summed E-state index contributed by atoms with van der Waals surface area (Å²) in [5, 5.41) is 3.32. The van der Waals surface area contributed by atoms with E-state index in [0.29, 0.717) is 0 Å². The molecule has 4 heteroatoms. The molecule has 0 saturated carbocycles. The van der Waals surface area contributed by atoms with E-state index in [-0.39, 0.29) is 0 Å². The minimum atomic E-state index is 0.885. The molecule has 1 aromatic carbocycles. The number of pyridine rings is 1. The number of aryl methyl sites for hydroxylation is 1. The van der Waals surface area contributed by atoms with Crippen molar-refractivity contribution in [2.45, 2.75) is 6.92 Å². The SMILES string of the molecule is Cc1cc(Br)cnc1Nc1ccc(N(C)C)cc1. The molecule has 0 spiro atoms. The first kappa shape index (κ1) is 12.9. The van der Waals surface area contributed by atoms with Crippen molar-refractivity contribution in [1.29, 1.82) is 0 Å². The van der Waals surface area contributed by atoms with Gasteiger partial charge in [-0.05, 0) is 58.7 Å². The predicted molar refractivity (Wildman–Crippen MR) is 80.7 cm³/mol. The van der Waals surface area contributed by atoms with Gasteiger partial charge in [-0.25, -0.2) is 4.98 Å². The lowest BCUT2D eigenvalue weighted by Crippen LogP contribution is -2.08. The van der Waals surface area contributed by atoms with Gasteiger partial charge in [-0.2, -0.15) is 0 Å². The summed E-state index contributed by atoms with van der Waals surface area (Å²) < 4.78 is 0.994. The molecule has 0 atom stereocenters. The third-order valence-electron chi connectivity index (χ3n) is 2.69. The van der Waals surface area contributed by atoms with Crippen LogP contribution in [-0.2, 0) is 0 Å². The van der Waals surface area contributed by atoms with Crippen molar-refractivity contribution in [2.75, 3.05) is 24.3 Å². The average molecular weight is 306 g/mol. The van der Waals surface area contributed by atoms with Gasteiger partial charge in [0.1, 0.15) is 5.82 Å². The molecule has 0 aliphatic carbocycles. The summed E-state index contributed by atoms with van der Waals surface area (Å²) in [6.45, 7) is 2.04. The maximum atomic E-state index is 4.36. The van der Waals surface area contributed by atoms with Gasteiger partial charge >= 0.3 is 0 Å². The van der Waals surface area contributed by atoms with Crippen LogP contribution in [0, 0.1) is 6.92 Å². The van der Waals surface area contributed by atoms with E-state index in [0.717, 1.165) is 21.5 Å². The molecule has 0 unspecified atom stereocenters. The van der Waals surface area contributed by atoms with Crippen molar-refractivity contribution in [3.8, 4) is 0 Å². The van der Waals surface area contributed by atoms with Crippen molar-refractivity contribution < 1.29 is 0 Å². The zero-order valence-electron chi connectivity index (χ0n) is 10.7. The Kier molecular flexibility index (Phi) is 3.87. The summed E-state index contributed by atoms with van der Waals surface area (Å²) >= 11 is 3.41. The van der Waals surface area contributed by atoms with E-state index in [1.807, 2.05) is 27.1 Å². The van der Waals surface area contributed by atoms with Gasteiger partial charge in [-0.1, -0.05) is 0 Å². The first-order valence-electron chi connectivity index (χ1n) is 5.73. The Morgan fingerprint density at radius 1 is 1.17 bits per heavy atom. The van der Waals surface area contributed by atoms with Crippen LogP contribution in [0.15, 0.2) is 41.0 Å². The van der Waals surface area contributed by atoms with Gasteiger partial charge < -0.3 is 10.2 Å². The van der Waals surface area contributed by atoms with Crippen LogP contribution in [0.2, 0.25) is 0 Å². The summed E-state index contributed by atoms with van der Waals surface area (Å²) in [4.78, 5) is 6.44. The predicted octanol–water partition coefficient (Wildman–Crippen LogP) is 3.96. The highest BCUT2D eigenvalue weighted by molar-refractivity contribution is 9.10. The average Bonchev–Trinajstić information content (AvgIpc) is 2.33. The summed E-state index contributed by atoms with van der Waals surface area (Å²) in [7, 11) is 4.06. The van der Waals surface area contributed by atoms with Crippen LogP contribution in [0.1, 0.15) is 5.56 Å². The molecule has 94 valence electrons. The fourth-order valence-corrected chi connectivity index (χ4v) is 2.10. The van der Waals surface area contributed by atoms with Gasteiger partial charge in [-0.15, -0.1) is 0 Å². The second-order valence-corrected chi connectivity index (χ2v) is 5.30. The number of rotatable bonds is 3. The maximum Gasteiger partial charge on any atom is 0.133 e. The zero-order valence-corrected chi connectivity index (χ0v) is 12.3. The van der Waals surface area contributed by atoms with Crippen LogP contribution in [0.5, 0.6) is 0 Å². The Morgan fingerprint density at radius 2 is 1.83 bits per heavy atom. The Balaban J connectivity index is 2.18. The molecular formula is C14H16BrN3. The molecule has 1 heterocycles. The topological polar surface area (TPSA) is 28.2 Å². The van der Waals surface area contributed by atoms with Gasteiger partial charge in [-0.3, -0.25) is 0 Å². The van der Waals surface area contributed by atoms with E-state index >= 15 is 0 Å². The summed E-state index contributed by atoms with van der Waals surface area (Å²) in [6.07, 6.45) is 1.80. The zero-order chi connectivity index (χ0) is 13.1. The number of hydrogen-bond acceptors (Lipinski definition) is 3. The molecule has 0 aliphatic rings. The molecule has 0 fully saturated rings. The van der Waals surface area contributed by atoms with Crippen LogP contribution in [-0.4, -0.2) is 19.1 Å². The third kappa shape index (κ3) is 3.01. The number of halogens is 1. The number of nitrogens with zero attached hydrogens (tertiary/aromatic N) is 2. The van der Waals surface area contributed by atoms with E-state index in [4.69, 9.17) is 0 Å². The highest BCUT2D eigenvalue weighted by Crippen LogP contribution is 2.22. The number of benzene rings is 1. The van der Waals surface area contributed by atoms with Gasteiger partial charge in [0.25, 0.3) is 0 Å². The first-order valence-corrected chi connectivity index (χ1v) is 6.52. The lowest BCUT2D eigenvalue weighted by molar-refractivity contribution is 1.13. The van der Waals surface area contributed by atoms with Crippen LogP contribution in [0.4, 0.5) is 17.2 Å². The van der Waals surface area contributed by atoms with E-state index in [1.54, 1.807) is 6.20 Å². The Labute approximate surface area is 116 Å². The minimum absolute atomic E-state index is 0.885. The molecule has 2 aromatic rings. The second-order valence-electron chi connectivity index (χ2n) is 4.39. The number of nitrogens with one attached hydrogen (secondary N) is 1. The van der Waals surface area contributed by atoms with E-state index in [9.17, 15) is 0 Å². The first-order chi connectivity index (χ1) is 8.56. The smallest absolute Gasteiger partial charge is 0.133 e. The second kappa shape index (κ2) is 5.40. The largest absolute Gasteiger partial charge is 0.378 e. The van der Waals surface area contributed by atoms with Gasteiger partial charge in [0.2, 0.25) is 0 Å².